The van der Waals surface area contributed by atoms with Crippen LogP contribution in [0.15, 0.2) is 0 Å². The zero-order valence-corrected chi connectivity index (χ0v) is 16.5. The molecule has 0 spiro atoms. The molecule has 1 unspecified atom stereocenters. The molecule has 0 heterocycles. The van der Waals surface area contributed by atoms with Gasteiger partial charge < -0.3 is 10.0 Å². The molecule has 23 heavy (non-hydrogen) atoms. The van der Waals surface area contributed by atoms with E-state index in [1.54, 1.807) is 0 Å². The Balaban J connectivity index is 3.07. The summed E-state index contributed by atoms with van der Waals surface area (Å²) in [5.41, 5.74) is 0. The van der Waals surface area contributed by atoms with E-state index < -0.39 is 0 Å². The smallest absolute Gasteiger partial charge is 0.0552 e. The fourth-order valence-electron chi connectivity index (χ4n) is 3.13. The maximum atomic E-state index is 9.86. The molecule has 0 aliphatic carbocycles. The Morgan fingerprint density at radius 1 is 0.609 bits per heavy atom. The van der Waals surface area contributed by atoms with E-state index in [1.165, 1.54) is 89.9 Å². The molecular weight excluding hydrogens is 282 g/mol. The van der Waals surface area contributed by atoms with E-state index in [2.05, 4.69) is 25.9 Å². The van der Waals surface area contributed by atoms with Gasteiger partial charge in [0.15, 0.2) is 0 Å². The second-order valence-electron chi connectivity index (χ2n) is 7.63. The standard InChI is InChI=1S/C21H45NO/c1-4-5-6-7-8-9-10-11-12-13-14-15-16-17-18-21(23)19-20-22(2)3/h21,23H,4-20H2,1-3H3. The van der Waals surface area contributed by atoms with Gasteiger partial charge in [0.2, 0.25) is 0 Å². The van der Waals surface area contributed by atoms with Gasteiger partial charge in [0.05, 0.1) is 6.10 Å². The van der Waals surface area contributed by atoms with E-state index in [1.807, 2.05) is 0 Å². The van der Waals surface area contributed by atoms with Gasteiger partial charge in [-0.15, -0.1) is 0 Å². The minimum absolute atomic E-state index is 0.0882. The van der Waals surface area contributed by atoms with Crippen molar-refractivity contribution in [3.05, 3.63) is 0 Å². The Morgan fingerprint density at radius 2 is 1.00 bits per heavy atom. The molecular formula is C21H45NO. The number of hydrogen-bond acceptors (Lipinski definition) is 2. The molecule has 0 radical (unpaired) electrons. The molecule has 0 saturated heterocycles. The van der Waals surface area contributed by atoms with Crippen LogP contribution in [0.3, 0.4) is 0 Å². The number of aliphatic hydroxyl groups is 1. The van der Waals surface area contributed by atoms with E-state index in [-0.39, 0.29) is 6.10 Å². The zero-order chi connectivity index (χ0) is 17.2. The molecule has 2 heteroatoms. The number of nitrogens with zero attached hydrogens (tertiary/aromatic N) is 1. The molecule has 0 aliphatic heterocycles. The van der Waals surface area contributed by atoms with Gasteiger partial charge in [0.25, 0.3) is 0 Å². The van der Waals surface area contributed by atoms with Crippen LogP contribution in [0, 0.1) is 0 Å². The van der Waals surface area contributed by atoms with Crippen molar-refractivity contribution in [2.45, 2.75) is 116 Å². The van der Waals surface area contributed by atoms with Crippen molar-refractivity contribution >= 4 is 0 Å². The van der Waals surface area contributed by atoms with Crippen LogP contribution in [0.1, 0.15) is 110 Å². The van der Waals surface area contributed by atoms with E-state index in [0.717, 1.165) is 19.4 Å². The average molecular weight is 328 g/mol. The van der Waals surface area contributed by atoms with Crippen LogP contribution >= 0.6 is 0 Å². The van der Waals surface area contributed by atoms with Crippen LogP contribution in [-0.2, 0) is 0 Å². The fourth-order valence-corrected chi connectivity index (χ4v) is 3.13. The first-order valence-electron chi connectivity index (χ1n) is 10.5. The summed E-state index contributed by atoms with van der Waals surface area (Å²) in [6.07, 6.45) is 21.4. The highest BCUT2D eigenvalue weighted by Crippen LogP contribution is 2.14. The molecule has 140 valence electrons. The molecule has 0 aromatic rings. The lowest BCUT2D eigenvalue weighted by Crippen LogP contribution is -2.19. The van der Waals surface area contributed by atoms with Gasteiger partial charge >= 0.3 is 0 Å². The number of aliphatic hydroxyl groups excluding tert-OH is 1. The summed E-state index contributed by atoms with van der Waals surface area (Å²) in [5, 5.41) is 9.86. The van der Waals surface area contributed by atoms with E-state index in [4.69, 9.17) is 0 Å². The average Bonchev–Trinajstić information content (AvgIpc) is 2.53. The Labute approximate surface area is 147 Å². The van der Waals surface area contributed by atoms with Crippen molar-refractivity contribution in [3.8, 4) is 0 Å². The summed E-state index contributed by atoms with van der Waals surface area (Å²) in [7, 11) is 4.14. The number of unbranched alkanes of at least 4 members (excludes halogenated alkanes) is 13. The predicted octanol–water partition coefficient (Wildman–Crippen LogP) is 6.17. The first kappa shape index (κ1) is 22.9. The molecule has 0 amide bonds. The van der Waals surface area contributed by atoms with E-state index in [9.17, 15) is 5.11 Å². The predicted molar refractivity (Wildman–Crippen MR) is 104 cm³/mol. The lowest BCUT2D eigenvalue weighted by Gasteiger charge is -2.14. The third kappa shape index (κ3) is 19.9. The number of rotatable bonds is 18. The van der Waals surface area contributed by atoms with Gasteiger partial charge in [0.1, 0.15) is 0 Å². The summed E-state index contributed by atoms with van der Waals surface area (Å²) in [4.78, 5) is 2.15. The molecule has 0 bridgehead atoms. The van der Waals surface area contributed by atoms with Crippen molar-refractivity contribution in [3.63, 3.8) is 0 Å². The van der Waals surface area contributed by atoms with Crippen LogP contribution in [0.5, 0.6) is 0 Å². The fraction of sp³-hybridized carbons (Fsp3) is 1.00. The Hall–Kier alpha value is -0.0800. The first-order chi connectivity index (χ1) is 11.2. The normalized spacial score (nSPS) is 12.9. The summed E-state index contributed by atoms with van der Waals surface area (Å²) in [6, 6.07) is 0. The second kappa shape index (κ2) is 18.3. The highest BCUT2D eigenvalue weighted by molar-refractivity contribution is 4.58. The monoisotopic (exact) mass is 327 g/mol. The molecule has 2 nitrogen and oxygen atoms in total. The summed E-state index contributed by atoms with van der Waals surface area (Å²) >= 11 is 0. The molecule has 0 aromatic carbocycles. The SMILES string of the molecule is CCCCCCCCCCCCCCCCC(O)CCN(C)C. The highest BCUT2D eigenvalue weighted by Gasteiger charge is 2.04. The van der Waals surface area contributed by atoms with Gasteiger partial charge in [-0.1, -0.05) is 96.8 Å². The minimum atomic E-state index is -0.0882. The molecule has 1 N–H and O–H groups in total. The van der Waals surface area contributed by atoms with Gasteiger partial charge in [-0.25, -0.2) is 0 Å². The Morgan fingerprint density at radius 3 is 1.39 bits per heavy atom. The van der Waals surface area contributed by atoms with Crippen LogP contribution in [0.4, 0.5) is 0 Å². The quantitative estimate of drug-likeness (QED) is 0.304. The Bertz CT molecular complexity index is 218. The largest absolute Gasteiger partial charge is 0.393 e. The topological polar surface area (TPSA) is 23.5 Å². The van der Waals surface area contributed by atoms with Crippen LogP contribution in [-0.4, -0.2) is 36.8 Å². The van der Waals surface area contributed by atoms with Crippen molar-refractivity contribution in [2.75, 3.05) is 20.6 Å². The second-order valence-corrected chi connectivity index (χ2v) is 7.63. The van der Waals surface area contributed by atoms with Crippen molar-refractivity contribution in [2.24, 2.45) is 0 Å². The molecule has 0 aromatic heterocycles. The zero-order valence-electron chi connectivity index (χ0n) is 16.5. The Kier molecular flexibility index (Phi) is 18.2. The summed E-state index contributed by atoms with van der Waals surface area (Å²) in [6.45, 7) is 3.28. The molecule has 0 rings (SSSR count). The third-order valence-electron chi connectivity index (χ3n) is 4.80. The maximum absolute atomic E-state index is 9.86. The number of hydrogen-bond donors (Lipinski definition) is 1. The summed E-state index contributed by atoms with van der Waals surface area (Å²) in [5.74, 6) is 0. The molecule has 1 atom stereocenters. The molecule has 0 fully saturated rings. The van der Waals surface area contributed by atoms with Crippen molar-refractivity contribution in [1.82, 2.24) is 4.90 Å². The van der Waals surface area contributed by atoms with Crippen LogP contribution in [0.25, 0.3) is 0 Å². The maximum Gasteiger partial charge on any atom is 0.0552 e. The van der Waals surface area contributed by atoms with Crippen LogP contribution in [0.2, 0.25) is 0 Å². The van der Waals surface area contributed by atoms with Gasteiger partial charge in [0, 0.05) is 0 Å². The lowest BCUT2D eigenvalue weighted by atomic mass is 10.0. The van der Waals surface area contributed by atoms with Gasteiger partial charge in [-0.05, 0) is 33.5 Å². The van der Waals surface area contributed by atoms with Crippen molar-refractivity contribution in [1.29, 1.82) is 0 Å². The van der Waals surface area contributed by atoms with Crippen molar-refractivity contribution < 1.29 is 5.11 Å². The summed E-state index contributed by atoms with van der Waals surface area (Å²) < 4.78 is 0. The van der Waals surface area contributed by atoms with Gasteiger partial charge in [-0.2, -0.15) is 0 Å². The van der Waals surface area contributed by atoms with Gasteiger partial charge in [-0.3, -0.25) is 0 Å². The van der Waals surface area contributed by atoms with E-state index >= 15 is 0 Å². The minimum Gasteiger partial charge on any atom is -0.393 e. The third-order valence-corrected chi connectivity index (χ3v) is 4.80. The first-order valence-corrected chi connectivity index (χ1v) is 10.5. The van der Waals surface area contributed by atoms with E-state index in [0.29, 0.717) is 0 Å². The lowest BCUT2D eigenvalue weighted by molar-refractivity contribution is 0.139. The highest BCUT2D eigenvalue weighted by atomic mass is 16.3. The molecule has 0 aliphatic rings. The molecule has 0 saturated carbocycles. The van der Waals surface area contributed by atoms with Crippen LogP contribution < -0.4 is 0 Å².